The van der Waals surface area contributed by atoms with E-state index in [2.05, 4.69) is 20.6 Å². The van der Waals surface area contributed by atoms with Gasteiger partial charge >= 0.3 is 0 Å². The first-order valence-electron chi connectivity index (χ1n) is 9.89. The van der Waals surface area contributed by atoms with Crippen molar-refractivity contribution in [3.05, 3.63) is 65.6 Å². The van der Waals surface area contributed by atoms with Crippen molar-refractivity contribution in [2.24, 2.45) is 0 Å². The molecule has 1 amide bonds. The fraction of sp³-hybridized carbons (Fsp3) is 0.227. The number of carbonyl (C=O) groups is 1. The summed E-state index contributed by atoms with van der Waals surface area (Å²) in [5.74, 6) is -6.28. The van der Waals surface area contributed by atoms with Gasteiger partial charge in [0.25, 0.3) is 5.91 Å². The Balaban J connectivity index is 0.00000216. The van der Waals surface area contributed by atoms with Gasteiger partial charge in [-0.25, -0.2) is 22.5 Å². The zero-order chi connectivity index (χ0) is 23.5. The zero-order valence-electron chi connectivity index (χ0n) is 18.1. The molecule has 4 rings (SSSR count). The second kappa shape index (κ2) is 12.0. The first-order valence-corrected chi connectivity index (χ1v) is 9.89. The van der Waals surface area contributed by atoms with Crippen molar-refractivity contribution < 1.29 is 31.8 Å². The van der Waals surface area contributed by atoms with Crippen molar-refractivity contribution in [1.82, 2.24) is 15.3 Å². The molecule has 188 valence electrons. The lowest BCUT2D eigenvalue weighted by atomic mass is 9.99. The minimum atomic E-state index is -1.44. The van der Waals surface area contributed by atoms with Gasteiger partial charge in [-0.05, 0) is 25.1 Å². The molecule has 1 aliphatic heterocycles. The van der Waals surface area contributed by atoms with Crippen LogP contribution in [0.3, 0.4) is 0 Å². The maximum atomic E-state index is 15.2. The van der Waals surface area contributed by atoms with E-state index in [9.17, 15) is 18.0 Å². The lowest BCUT2D eigenvalue weighted by Gasteiger charge is -2.16. The molecule has 0 spiro atoms. The van der Waals surface area contributed by atoms with Crippen LogP contribution >= 0.6 is 24.8 Å². The van der Waals surface area contributed by atoms with Gasteiger partial charge in [-0.1, -0.05) is 0 Å². The van der Waals surface area contributed by atoms with Crippen LogP contribution < -0.4 is 20.1 Å². The van der Waals surface area contributed by atoms with E-state index in [1.54, 1.807) is 0 Å². The zero-order valence-corrected chi connectivity index (χ0v) is 19.7. The second-order valence-electron chi connectivity index (χ2n) is 7.18. The molecule has 0 bridgehead atoms. The Kier molecular flexibility index (Phi) is 9.64. The maximum Gasteiger partial charge on any atom is 0.258 e. The molecule has 2 aromatic carbocycles. The SMILES string of the molecule is COc1cc(F)c(-c2c(F)ccc(C(=O)Nc3cncnc3O[C@H]3CCNC3)c2F)c(F)c1.Cl.Cl. The fourth-order valence-corrected chi connectivity index (χ4v) is 3.44. The number of anilines is 1. The molecule has 3 aromatic rings. The molecule has 13 heteroatoms. The Bertz CT molecular complexity index is 1190. The highest BCUT2D eigenvalue weighted by atomic mass is 35.5. The molecule has 1 fully saturated rings. The van der Waals surface area contributed by atoms with Gasteiger partial charge in [-0.15, -0.1) is 24.8 Å². The molecule has 7 nitrogen and oxygen atoms in total. The molecular weight excluding hydrogens is 515 g/mol. The van der Waals surface area contributed by atoms with Crippen LogP contribution in [0.2, 0.25) is 0 Å². The smallest absolute Gasteiger partial charge is 0.258 e. The van der Waals surface area contributed by atoms with E-state index in [0.29, 0.717) is 6.54 Å². The first kappa shape index (κ1) is 28.1. The lowest BCUT2D eigenvalue weighted by molar-refractivity contribution is 0.102. The third-order valence-corrected chi connectivity index (χ3v) is 5.05. The average molecular weight is 535 g/mol. The van der Waals surface area contributed by atoms with Crippen LogP contribution in [0.15, 0.2) is 36.8 Å². The summed E-state index contributed by atoms with van der Waals surface area (Å²) in [7, 11) is 1.19. The summed E-state index contributed by atoms with van der Waals surface area (Å²) in [6, 6.07) is 3.19. The molecule has 0 radical (unpaired) electrons. The highest BCUT2D eigenvalue weighted by Gasteiger charge is 2.26. The standard InChI is InChI=1S/C22H18F4N4O3.2ClH/c1-32-12-6-15(24)18(16(25)7-12)19-14(23)3-2-13(20(19)26)21(31)30-17-9-28-10-29-22(17)33-11-4-5-27-8-11;;/h2-3,6-7,9-11,27H,4-5,8H2,1H3,(H,30,31);2*1H/t11-;;/m0../s1. The Morgan fingerprint density at radius 3 is 2.43 bits per heavy atom. The number of hydrogen-bond donors (Lipinski definition) is 2. The van der Waals surface area contributed by atoms with E-state index in [1.807, 2.05) is 0 Å². The van der Waals surface area contributed by atoms with Gasteiger partial charge in [0.05, 0.1) is 30.0 Å². The normalized spacial score (nSPS) is 14.5. The summed E-state index contributed by atoms with van der Waals surface area (Å²) in [5.41, 5.74) is -2.56. The first-order chi connectivity index (χ1) is 15.9. The number of amides is 1. The topological polar surface area (TPSA) is 85.4 Å². The third-order valence-electron chi connectivity index (χ3n) is 5.05. The fourth-order valence-electron chi connectivity index (χ4n) is 3.44. The van der Waals surface area contributed by atoms with Crippen LogP contribution in [0.1, 0.15) is 16.8 Å². The van der Waals surface area contributed by atoms with Gasteiger partial charge < -0.3 is 20.1 Å². The molecule has 1 atom stereocenters. The maximum absolute atomic E-state index is 15.2. The highest BCUT2D eigenvalue weighted by molar-refractivity contribution is 6.05. The van der Waals surface area contributed by atoms with Crippen LogP contribution in [0.4, 0.5) is 23.2 Å². The van der Waals surface area contributed by atoms with Crippen molar-refractivity contribution in [3.63, 3.8) is 0 Å². The van der Waals surface area contributed by atoms with Gasteiger partial charge in [-0.3, -0.25) is 4.79 Å². The Labute approximate surface area is 210 Å². The lowest BCUT2D eigenvalue weighted by Crippen LogP contribution is -2.22. The molecule has 35 heavy (non-hydrogen) atoms. The predicted octanol–water partition coefficient (Wildman–Crippen LogP) is 4.55. The van der Waals surface area contributed by atoms with Crippen molar-refractivity contribution in [2.75, 3.05) is 25.5 Å². The van der Waals surface area contributed by atoms with Crippen molar-refractivity contribution in [1.29, 1.82) is 0 Å². The van der Waals surface area contributed by atoms with Crippen LogP contribution in [-0.4, -0.2) is 42.2 Å². The summed E-state index contributed by atoms with van der Waals surface area (Å²) in [4.78, 5) is 20.6. The number of halogens is 6. The molecule has 2 N–H and O–H groups in total. The van der Waals surface area contributed by atoms with Crippen LogP contribution in [-0.2, 0) is 0 Å². The number of carbonyl (C=O) groups excluding carboxylic acids is 1. The quantitative estimate of drug-likeness (QED) is 0.451. The average Bonchev–Trinajstić information content (AvgIpc) is 3.29. The van der Waals surface area contributed by atoms with Gasteiger partial charge in [0.15, 0.2) is 0 Å². The number of benzene rings is 2. The highest BCUT2D eigenvalue weighted by Crippen LogP contribution is 2.35. The second-order valence-corrected chi connectivity index (χ2v) is 7.18. The van der Waals surface area contributed by atoms with E-state index < -0.39 is 45.9 Å². The van der Waals surface area contributed by atoms with Gasteiger partial charge in [-0.2, -0.15) is 4.98 Å². The van der Waals surface area contributed by atoms with E-state index in [1.165, 1.54) is 19.6 Å². The predicted molar refractivity (Wildman–Crippen MR) is 125 cm³/mol. The van der Waals surface area contributed by atoms with Gasteiger partial charge in [0, 0.05) is 18.7 Å². The third kappa shape index (κ3) is 5.92. The van der Waals surface area contributed by atoms with Crippen molar-refractivity contribution in [3.8, 4) is 22.8 Å². The van der Waals surface area contributed by atoms with E-state index >= 15 is 4.39 Å². The van der Waals surface area contributed by atoms with Crippen LogP contribution in [0, 0.1) is 23.3 Å². The van der Waals surface area contributed by atoms with Crippen molar-refractivity contribution >= 4 is 36.4 Å². The molecule has 0 saturated carbocycles. The number of nitrogens with zero attached hydrogens (tertiary/aromatic N) is 2. The summed E-state index contributed by atoms with van der Waals surface area (Å²) >= 11 is 0. The van der Waals surface area contributed by atoms with Crippen LogP contribution in [0.5, 0.6) is 11.6 Å². The molecule has 1 aromatic heterocycles. The summed E-state index contributed by atoms with van der Waals surface area (Å²) in [6.45, 7) is 1.35. The molecule has 2 heterocycles. The Morgan fingerprint density at radius 1 is 1.09 bits per heavy atom. The number of hydrogen-bond acceptors (Lipinski definition) is 6. The molecule has 0 unspecified atom stereocenters. The van der Waals surface area contributed by atoms with E-state index in [0.717, 1.165) is 37.2 Å². The van der Waals surface area contributed by atoms with Crippen LogP contribution in [0.25, 0.3) is 11.1 Å². The Hall–Kier alpha value is -3.15. The number of methoxy groups -OCH3 is 1. The van der Waals surface area contributed by atoms with Gasteiger partial charge in [0.2, 0.25) is 5.88 Å². The monoisotopic (exact) mass is 534 g/mol. The summed E-state index contributed by atoms with van der Waals surface area (Å²) < 4.78 is 69.1. The molecule has 0 aliphatic carbocycles. The molecule has 1 saturated heterocycles. The minimum Gasteiger partial charge on any atom is -0.497 e. The number of aromatic nitrogens is 2. The van der Waals surface area contributed by atoms with Gasteiger partial charge in [0.1, 0.15) is 47.1 Å². The molecule has 1 aliphatic rings. The van der Waals surface area contributed by atoms with E-state index in [4.69, 9.17) is 9.47 Å². The largest absolute Gasteiger partial charge is 0.497 e. The number of rotatable bonds is 6. The van der Waals surface area contributed by atoms with E-state index in [-0.39, 0.29) is 48.2 Å². The number of nitrogens with one attached hydrogen (secondary N) is 2. The number of ether oxygens (including phenoxy) is 2. The molecular formula is C22H20Cl2F4N4O3. The summed E-state index contributed by atoms with van der Waals surface area (Å²) in [6.07, 6.45) is 3.03. The minimum absolute atomic E-state index is 0. The van der Waals surface area contributed by atoms with Crippen molar-refractivity contribution in [2.45, 2.75) is 12.5 Å². The summed E-state index contributed by atoms with van der Waals surface area (Å²) in [5, 5.41) is 5.53. The Morgan fingerprint density at radius 2 is 1.80 bits per heavy atom.